The number of carbonyl (C=O) groups excluding carboxylic acids is 2. The van der Waals surface area contributed by atoms with E-state index in [1.807, 2.05) is 48.5 Å². The molecule has 32 heavy (non-hydrogen) atoms. The van der Waals surface area contributed by atoms with Crippen LogP contribution in [0.5, 0.6) is 11.5 Å². The Hall–Kier alpha value is -4.32. The van der Waals surface area contributed by atoms with E-state index in [0.717, 1.165) is 10.8 Å². The Morgan fingerprint density at radius 3 is 1.38 bits per heavy atom. The van der Waals surface area contributed by atoms with E-state index in [1.54, 1.807) is 36.4 Å². The van der Waals surface area contributed by atoms with Crippen molar-refractivity contribution in [2.24, 2.45) is 0 Å². The van der Waals surface area contributed by atoms with Gasteiger partial charge in [0.25, 0.3) is 11.8 Å². The zero-order chi connectivity index (χ0) is 22.5. The minimum atomic E-state index is -0.279. The van der Waals surface area contributed by atoms with Gasteiger partial charge in [0.2, 0.25) is 0 Å². The average molecular weight is 426 g/mol. The number of anilines is 2. The third-order valence-electron chi connectivity index (χ3n) is 5.12. The lowest BCUT2D eigenvalue weighted by molar-refractivity contribution is 0.101. The van der Waals surface area contributed by atoms with Gasteiger partial charge in [-0.3, -0.25) is 9.59 Å². The fourth-order valence-corrected chi connectivity index (χ4v) is 3.57. The quantitative estimate of drug-likeness (QED) is 0.435. The first-order valence-electron chi connectivity index (χ1n) is 10.0. The van der Waals surface area contributed by atoms with Gasteiger partial charge in [-0.05, 0) is 36.4 Å². The third-order valence-corrected chi connectivity index (χ3v) is 5.12. The summed E-state index contributed by atoms with van der Waals surface area (Å²) in [6.07, 6.45) is 0. The molecular formula is C26H22N2O4. The zero-order valence-electron chi connectivity index (χ0n) is 17.7. The Labute approximate surface area is 185 Å². The maximum absolute atomic E-state index is 12.9. The largest absolute Gasteiger partial charge is 0.496 e. The molecule has 0 aliphatic rings. The summed E-state index contributed by atoms with van der Waals surface area (Å²) in [5.74, 6) is 0.432. The first-order valence-corrected chi connectivity index (χ1v) is 10.0. The molecule has 160 valence electrons. The van der Waals surface area contributed by atoms with Gasteiger partial charge >= 0.3 is 0 Å². The molecule has 6 heteroatoms. The fraction of sp³-hybridized carbons (Fsp3) is 0.0769. The number of hydrogen-bond acceptors (Lipinski definition) is 4. The first-order chi connectivity index (χ1) is 15.6. The van der Waals surface area contributed by atoms with Crippen molar-refractivity contribution in [3.8, 4) is 11.5 Å². The second-order valence-corrected chi connectivity index (χ2v) is 7.02. The molecular weight excluding hydrogens is 404 g/mol. The highest BCUT2D eigenvalue weighted by Crippen LogP contribution is 2.31. The summed E-state index contributed by atoms with van der Waals surface area (Å²) < 4.78 is 10.6. The molecule has 0 radical (unpaired) electrons. The summed E-state index contributed by atoms with van der Waals surface area (Å²) >= 11 is 0. The maximum Gasteiger partial charge on any atom is 0.259 e. The lowest BCUT2D eigenvalue weighted by Gasteiger charge is -2.14. The van der Waals surface area contributed by atoms with Crippen LogP contribution in [0.2, 0.25) is 0 Å². The fourth-order valence-electron chi connectivity index (χ4n) is 3.57. The number of hydrogen-bond donors (Lipinski definition) is 2. The van der Waals surface area contributed by atoms with Crippen LogP contribution >= 0.6 is 0 Å². The average Bonchev–Trinajstić information content (AvgIpc) is 2.84. The summed E-state index contributed by atoms with van der Waals surface area (Å²) in [6, 6.07) is 25.2. The van der Waals surface area contributed by atoms with Crippen LogP contribution in [0.15, 0.2) is 84.9 Å². The summed E-state index contributed by atoms with van der Waals surface area (Å²) in [5.41, 5.74) is 2.14. The van der Waals surface area contributed by atoms with Crippen molar-refractivity contribution < 1.29 is 19.1 Å². The van der Waals surface area contributed by atoms with E-state index >= 15 is 0 Å². The van der Waals surface area contributed by atoms with Crippen molar-refractivity contribution in [2.45, 2.75) is 0 Å². The number of carbonyl (C=O) groups is 2. The highest BCUT2D eigenvalue weighted by atomic mass is 16.5. The third kappa shape index (κ3) is 4.11. The molecule has 0 aliphatic carbocycles. The highest BCUT2D eigenvalue weighted by Gasteiger charge is 2.16. The van der Waals surface area contributed by atoms with Gasteiger partial charge in [0.05, 0.1) is 25.3 Å². The molecule has 4 rings (SSSR count). The molecule has 0 saturated heterocycles. The molecule has 2 N–H and O–H groups in total. The van der Waals surface area contributed by atoms with Crippen LogP contribution in [0.1, 0.15) is 20.7 Å². The number of amides is 2. The smallest absolute Gasteiger partial charge is 0.259 e. The minimum absolute atomic E-state index is 0.279. The van der Waals surface area contributed by atoms with Crippen molar-refractivity contribution in [1.82, 2.24) is 0 Å². The van der Waals surface area contributed by atoms with Crippen LogP contribution in [0.25, 0.3) is 10.8 Å². The number of ether oxygens (including phenoxy) is 2. The van der Waals surface area contributed by atoms with Crippen LogP contribution < -0.4 is 20.1 Å². The highest BCUT2D eigenvalue weighted by molar-refractivity contribution is 6.15. The van der Waals surface area contributed by atoms with Crippen molar-refractivity contribution in [1.29, 1.82) is 0 Å². The predicted molar refractivity (Wildman–Crippen MR) is 126 cm³/mol. The van der Waals surface area contributed by atoms with Gasteiger partial charge in [0, 0.05) is 22.1 Å². The molecule has 0 atom stereocenters. The van der Waals surface area contributed by atoms with E-state index in [4.69, 9.17) is 9.47 Å². The number of methoxy groups -OCH3 is 2. The molecule has 0 aromatic heterocycles. The Kier molecular flexibility index (Phi) is 6.03. The summed E-state index contributed by atoms with van der Waals surface area (Å²) in [6.45, 7) is 0. The molecule has 4 aromatic rings. The van der Waals surface area contributed by atoms with Crippen LogP contribution in [0.3, 0.4) is 0 Å². The molecule has 0 unspecified atom stereocenters. The zero-order valence-corrected chi connectivity index (χ0v) is 17.7. The topological polar surface area (TPSA) is 76.7 Å². The molecule has 0 fully saturated rings. The summed E-state index contributed by atoms with van der Waals surface area (Å²) in [4.78, 5) is 25.8. The van der Waals surface area contributed by atoms with E-state index < -0.39 is 0 Å². The summed E-state index contributed by atoms with van der Waals surface area (Å²) in [7, 11) is 3.06. The predicted octanol–water partition coefficient (Wildman–Crippen LogP) is 5.36. The van der Waals surface area contributed by atoms with Crippen molar-refractivity contribution >= 4 is 34.0 Å². The van der Waals surface area contributed by atoms with Gasteiger partial charge in [0.1, 0.15) is 11.5 Å². The van der Waals surface area contributed by atoms with Gasteiger partial charge in [0.15, 0.2) is 0 Å². The second-order valence-electron chi connectivity index (χ2n) is 7.02. The number of fused-ring (bicyclic) bond motifs is 1. The molecule has 4 aromatic carbocycles. The lowest BCUT2D eigenvalue weighted by atomic mass is 10.1. The maximum atomic E-state index is 12.9. The van der Waals surface area contributed by atoms with Crippen LogP contribution in [-0.4, -0.2) is 26.0 Å². The number of nitrogens with one attached hydrogen (secondary N) is 2. The van der Waals surface area contributed by atoms with Gasteiger partial charge < -0.3 is 20.1 Å². The van der Waals surface area contributed by atoms with E-state index in [1.165, 1.54) is 14.2 Å². The molecule has 0 saturated carbocycles. The van der Waals surface area contributed by atoms with Gasteiger partial charge in [-0.25, -0.2) is 0 Å². The van der Waals surface area contributed by atoms with E-state index in [9.17, 15) is 9.59 Å². The number of para-hydroxylation sites is 2. The Bertz CT molecular complexity index is 1200. The van der Waals surface area contributed by atoms with E-state index in [0.29, 0.717) is 34.0 Å². The van der Waals surface area contributed by atoms with Crippen LogP contribution in [0, 0.1) is 0 Å². The molecule has 0 spiro atoms. The second kappa shape index (κ2) is 9.22. The monoisotopic (exact) mass is 426 g/mol. The first kappa shape index (κ1) is 20.9. The van der Waals surface area contributed by atoms with E-state index in [2.05, 4.69) is 10.6 Å². The minimum Gasteiger partial charge on any atom is -0.496 e. The van der Waals surface area contributed by atoms with Crippen molar-refractivity contribution in [2.75, 3.05) is 24.9 Å². The lowest BCUT2D eigenvalue weighted by Crippen LogP contribution is -2.14. The molecule has 6 nitrogen and oxygen atoms in total. The number of benzene rings is 4. The van der Waals surface area contributed by atoms with Crippen molar-refractivity contribution in [3.63, 3.8) is 0 Å². The van der Waals surface area contributed by atoms with Crippen LogP contribution in [-0.2, 0) is 0 Å². The SMILES string of the molecule is COc1ccccc1C(=O)Nc1cccc2c(NC(=O)c3ccccc3OC)cccc12. The van der Waals surface area contributed by atoms with E-state index in [-0.39, 0.29) is 11.8 Å². The number of rotatable bonds is 6. The van der Waals surface area contributed by atoms with Gasteiger partial charge in [-0.15, -0.1) is 0 Å². The molecule has 0 aliphatic heterocycles. The normalized spacial score (nSPS) is 10.4. The molecule has 2 amide bonds. The van der Waals surface area contributed by atoms with Crippen molar-refractivity contribution in [3.05, 3.63) is 96.1 Å². The molecule has 0 bridgehead atoms. The van der Waals surface area contributed by atoms with Gasteiger partial charge in [-0.2, -0.15) is 0 Å². The Balaban J connectivity index is 1.66. The van der Waals surface area contributed by atoms with Gasteiger partial charge in [-0.1, -0.05) is 48.5 Å². The van der Waals surface area contributed by atoms with Crippen LogP contribution in [0.4, 0.5) is 11.4 Å². The Morgan fingerprint density at radius 1 is 0.562 bits per heavy atom. The standard InChI is InChI=1S/C26H22N2O4/c1-31-23-15-5-3-9-19(23)25(29)27-21-13-7-12-18-17(21)11-8-14-22(18)28-26(30)20-10-4-6-16-24(20)32-2/h3-16H,1-2H3,(H,27,29)(H,28,30). The Morgan fingerprint density at radius 2 is 0.969 bits per heavy atom. The summed E-state index contributed by atoms with van der Waals surface area (Å²) in [5, 5.41) is 7.51. The molecule has 0 heterocycles.